The van der Waals surface area contributed by atoms with Crippen LogP contribution in [-0.4, -0.2) is 12.5 Å². The van der Waals surface area contributed by atoms with Crippen LogP contribution in [0.3, 0.4) is 0 Å². The first-order valence-corrected chi connectivity index (χ1v) is 8.92. The van der Waals surface area contributed by atoms with Crippen LogP contribution in [-0.2, 0) is 0 Å². The number of benzene rings is 3. The lowest BCUT2D eigenvalue weighted by Crippen LogP contribution is -2.36. The Hall–Kier alpha value is -2.40. The molecule has 5 heteroatoms. The second kappa shape index (κ2) is 6.15. The minimum Gasteiger partial charge on any atom is -0.369 e. The van der Waals surface area contributed by atoms with Gasteiger partial charge in [-0.25, -0.2) is 9.38 Å². The van der Waals surface area contributed by atoms with E-state index in [0.29, 0.717) is 17.6 Å². The van der Waals surface area contributed by atoms with Gasteiger partial charge < -0.3 is 10.6 Å². The minimum atomic E-state index is -0.283. The van der Waals surface area contributed by atoms with Gasteiger partial charge in [0.05, 0.1) is 5.69 Å². The molecule has 0 fully saturated rings. The van der Waals surface area contributed by atoms with Crippen molar-refractivity contribution in [1.82, 2.24) is 0 Å². The predicted octanol–water partition coefficient (Wildman–Crippen LogP) is 5.31. The summed E-state index contributed by atoms with van der Waals surface area (Å²) in [5, 5.41) is 2.43. The first kappa shape index (κ1) is 16.1. The predicted molar refractivity (Wildman–Crippen MR) is 105 cm³/mol. The minimum absolute atomic E-state index is 0.283. The summed E-state index contributed by atoms with van der Waals surface area (Å²) < 4.78 is 14.1. The Labute approximate surface area is 154 Å². The first-order chi connectivity index (χ1) is 12.0. The molecule has 25 heavy (non-hydrogen) atoms. The largest absolute Gasteiger partial charge is 0.369 e. The van der Waals surface area contributed by atoms with Crippen LogP contribution in [0.4, 0.5) is 15.8 Å². The molecule has 3 aromatic carbocycles. The van der Waals surface area contributed by atoms with Gasteiger partial charge in [-0.3, -0.25) is 0 Å². The van der Waals surface area contributed by atoms with Crippen LogP contribution in [0.2, 0.25) is 0 Å². The molecule has 0 aromatic heterocycles. The molecule has 1 heterocycles. The van der Waals surface area contributed by atoms with Crippen molar-refractivity contribution in [2.24, 2.45) is 10.7 Å². The number of hydrogen-bond acceptors (Lipinski definition) is 1. The van der Waals surface area contributed by atoms with Crippen LogP contribution in [0.1, 0.15) is 18.4 Å². The van der Waals surface area contributed by atoms with E-state index in [0.717, 1.165) is 16.7 Å². The molecule has 0 radical (unpaired) electrons. The monoisotopic (exact) mass is 397 g/mol. The number of guanidine groups is 1. The number of nitrogens with zero attached hydrogens (tertiary/aromatic N) is 2. The number of rotatable bonds is 1. The Bertz CT molecular complexity index is 982. The van der Waals surface area contributed by atoms with Gasteiger partial charge in [0.25, 0.3) is 0 Å². The van der Waals surface area contributed by atoms with Crippen molar-refractivity contribution in [1.29, 1.82) is 0 Å². The maximum Gasteiger partial charge on any atom is 0.201 e. The second-order valence-electron chi connectivity index (χ2n) is 6.29. The number of nitrogens with two attached hydrogens (primary N) is 1. The molecule has 0 amide bonds. The number of fused-ring (bicyclic) bond motifs is 3. The summed E-state index contributed by atoms with van der Waals surface area (Å²) >= 11 is 3.63. The standard InChI is InChI=1S/C20H17BrFN3/c1-12-11-25(20(23)24-14-7-5-13(22)6-8-14)18-10-9-15-16(19(12)18)3-2-4-17(15)21/h2-10,12H,11H2,1H3,(H2,23,24). The van der Waals surface area contributed by atoms with E-state index >= 15 is 0 Å². The van der Waals surface area contributed by atoms with Crippen LogP contribution in [0.25, 0.3) is 10.8 Å². The highest BCUT2D eigenvalue weighted by molar-refractivity contribution is 9.10. The Kier molecular flexibility index (Phi) is 3.96. The molecule has 0 bridgehead atoms. The average molecular weight is 398 g/mol. The number of anilines is 1. The zero-order valence-corrected chi connectivity index (χ0v) is 15.3. The van der Waals surface area contributed by atoms with Crippen molar-refractivity contribution in [2.45, 2.75) is 12.8 Å². The Morgan fingerprint density at radius 1 is 1.12 bits per heavy atom. The zero-order chi connectivity index (χ0) is 17.6. The molecule has 126 valence electrons. The van der Waals surface area contributed by atoms with Crippen molar-refractivity contribution in [2.75, 3.05) is 11.4 Å². The summed E-state index contributed by atoms with van der Waals surface area (Å²) in [6.07, 6.45) is 0. The molecule has 2 N–H and O–H groups in total. The third-order valence-corrected chi connectivity index (χ3v) is 5.31. The van der Waals surface area contributed by atoms with Crippen molar-refractivity contribution in [3.63, 3.8) is 0 Å². The molecular formula is C20H17BrFN3. The quantitative estimate of drug-likeness (QED) is 0.446. The molecule has 3 nitrogen and oxygen atoms in total. The maximum atomic E-state index is 13.1. The molecule has 0 saturated carbocycles. The van der Waals surface area contributed by atoms with E-state index in [-0.39, 0.29) is 5.82 Å². The highest BCUT2D eigenvalue weighted by atomic mass is 79.9. The second-order valence-corrected chi connectivity index (χ2v) is 7.15. The van der Waals surface area contributed by atoms with Gasteiger partial charge in [-0.2, -0.15) is 0 Å². The fourth-order valence-corrected chi connectivity index (χ4v) is 3.97. The van der Waals surface area contributed by atoms with Crippen molar-refractivity contribution < 1.29 is 4.39 Å². The van der Waals surface area contributed by atoms with Crippen LogP contribution in [0, 0.1) is 5.82 Å². The van der Waals surface area contributed by atoms with Gasteiger partial charge in [0.1, 0.15) is 5.82 Å². The molecule has 0 saturated heterocycles. The summed E-state index contributed by atoms with van der Waals surface area (Å²) in [5.74, 6) is 0.483. The lowest BCUT2D eigenvalue weighted by Gasteiger charge is -2.18. The summed E-state index contributed by atoms with van der Waals surface area (Å²) in [6.45, 7) is 2.97. The van der Waals surface area contributed by atoms with E-state index in [4.69, 9.17) is 5.73 Å². The lowest BCUT2D eigenvalue weighted by atomic mass is 9.96. The van der Waals surface area contributed by atoms with E-state index in [2.05, 4.69) is 58.2 Å². The van der Waals surface area contributed by atoms with E-state index < -0.39 is 0 Å². The molecule has 0 spiro atoms. The zero-order valence-electron chi connectivity index (χ0n) is 13.7. The van der Waals surface area contributed by atoms with Crippen molar-refractivity contribution >= 4 is 44.0 Å². The first-order valence-electron chi connectivity index (χ1n) is 8.13. The smallest absolute Gasteiger partial charge is 0.201 e. The Morgan fingerprint density at radius 2 is 1.88 bits per heavy atom. The third kappa shape index (κ3) is 2.78. The van der Waals surface area contributed by atoms with E-state index in [1.54, 1.807) is 12.1 Å². The van der Waals surface area contributed by atoms with Crippen molar-refractivity contribution in [3.05, 3.63) is 70.5 Å². The SMILES string of the molecule is CC1CN(C(N)=Nc2ccc(F)cc2)c2ccc3c(Br)cccc3c21. The Morgan fingerprint density at radius 3 is 2.64 bits per heavy atom. The third-order valence-electron chi connectivity index (χ3n) is 4.61. The highest BCUT2D eigenvalue weighted by Crippen LogP contribution is 2.42. The van der Waals surface area contributed by atoms with Gasteiger partial charge in [0.15, 0.2) is 0 Å². The van der Waals surface area contributed by atoms with E-state index in [9.17, 15) is 4.39 Å². The summed E-state index contributed by atoms with van der Waals surface area (Å²) in [5.41, 5.74) is 9.29. The normalized spacial score (nSPS) is 17.2. The fourth-order valence-electron chi connectivity index (χ4n) is 3.47. The molecule has 1 unspecified atom stereocenters. The molecular weight excluding hydrogens is 381 g/mol. The maximum absolute atomic E-state index is 13.1. The van der Waals surface area contributed by atoms with Gasteiger partial charge in [0.2, 0.25) is 5.96 Å². The Balaban J connectivity index is 1.79. The molecule has 4 rings (SSSR count). The molecule has 3 aromatic rings. The summed E-state index contributed by atoms with van der Waals surface area (Å²) in [7, 11) is 0. The average Bonchev–Trinajstić information content (AvgIpc) is 2.95. The van der Waals surface area contributed by atoms with Gasteiger partial charge in [-0.1, -0.05) is 41.1 Å². The van der Waals surface area contributed by atoms with Gasteiger partial charge >= 0.3 is 0 Å². The van der Waals surface area contributed by atoms with E-state index in [1.165, 1.54) is 28.5 Å². The summed E-state index contributed by atoms with van der Waals surface area (Å²) in [6, 6.07) is 16.5. The molecule has 0 aliphatic carbocycles. The highest BCUT2D eigenvalue weighted by Gasteiger charge is 2.29. The van der Waals surface area contributed by atoms with Crippen LogP contribution < -0.4 is 10.6 Å². The number of hydrogen-bond donors (Lipinski definition) is 1. The molecule has 1 aliphatic heterocycles. The van der Waals surface area contributed by atoms with Crippen molar-refractivity contribution in [3.8, 4) is 0 Å². The lowest BCUT2D eigenvalue weighted by molar-refractivity contribution is 0.628. The van der Waals surface area contributed by atoms with Gasteiger partial charge in [0, 0.05) is 22.6 Å². The van der Waals surface area contributed by atoms with Gasteiger partial charge in [-0.15, -0.1) is 0 Å². The van der Waals surface area contributed by atoms with Crippen LogP contribution in [0.5, 0.6) is 0 Å². The van der Waals surface area contributed by atoms with Crippen LogP contribution >= 0.6 is 15.9 Å². The number of aliphatic imine (C=N–C) groups is 1. The number of halogens is 2. The summed E-state index contributed by atoms with van der Waals surface area (Å²) in [4.78, 5) is 6.49. The molecule has 1 aliphatic rings. The topological polar surface area (TPSA) is 41.6 Å². The van der Waals surface area contributed by atoms with Gasteiger partial charge in [-0.05, 0) is 52.7 Å². The van der Waals surface area contributed by atoms with Crippen LogP contribution in [0.15, 0.2) is 64.1 Å². The molecule has 1 atom stereocenters. The fraction of sp³-hybridized carbons (Fsp3) is 0.150. The van der Waals surface area contributed by atoms with E-state index in [1.807, 2.05) is 4.90 Å².